The number of nitrogens with zero attached hydrogens (tertiary/aromatic N) is 1. The van der Waals surface area contributed by atoms with Gasteiger partial charge in [0, 0.05) is 12.3 Å². The molecule has 1 unspecified atom stereocenters. The molecule has 1 aromatic rings. The molecule has 0 fully saturated rings. The molecule has 0 N–H and O–H groups in total. The maximum Gasteiger partial charge on any atom is 0.226 e. The van der Waals surface area contributed by atoms with Crippen molar-refractivity contribution in [3.63, 3.8) is 0 Å². The van der Waals surface area contributed by atoms with E-state index in [2.05, 4.69) is 11.4 Å². The Balaban J connectivity index is 1.95. The van der Waals surface area contributed by atoms with Crippen molar-refractivity contribution in [1.82, 2.24) is 4.90 Å². The summed E-state index contributed by atoms with van der Waals surface area (Å²) in [7, 11) is 2.85. The van der Waals surface area contributed by atoms with Crippen LogP contribution in [0, 0.1) is 0 Å². The van der Waals surface area contributed by atoms with Gasteiger partial charge in [-0.3, -0.25) is 4.79 Å². The van der Waals surface area contributed by atoms with E-state index in [0.29, 0.717) is 13.4 Å². The van der Waals surface area contributed by atoms with Gasteiger partial charge in [-0.15, -0.1) is 0 Å². The summed E-state index contributed by atoms with van der Waals surface area (Å²) < 4.78 is 16.6. The van der Waals surface area contributed by atoms with Gasteiger partial charge in [0.25, 0.3) is 0 Å². The number of carbonyl (C=O) groups is 1. The lowest BCUT2D eigenvalue weighted by molar-refractivity contribution is -0.112. The molecule has 0 aliphatic carbocycles. The lowest BCUT2D eigenvalue weighted by Gasteiger charge is -2.13. The summed E-state index contributed by atoms with van der Waals surface area (Å²) in [5.74, 6) is 1.55. The van der Waals surface area contributed by atoms with Gasteiger partial charge < -0.3 is 18.8 Å². The molecule has 0 bridgehead atoms. The first-order chi connectivity index (χ1) is 11.6. The third-order valence-electron chi connectivity index (χ3n) is 3.24. The van der Waals surface area contributed by atoms with Crippen molar-refractivity contribution in [3.05, 3.63) is 30.3 Å². The highest BCUT2D eigenvalue weighted by Gasteiger charge is 2.07. The molecule has 0 saturated heterocycles. The maximum atomic E-state index is 11.8. The first-order valence-corrected chi connectivity index (χ1v) is 11.7. The standard InChI is InChI=1S/C17H29NO4SSi/c1-18(2)10-11-20-15-22-24(3)13-7-12-23-17(19)14-21-16-8-5-4-6-9-16/h4-6,8-9,24H,7,10-15H2,1-3H3. The minimum Gasteiger partial charge on any atom is -0.485 e. The lowest BCUT2D eigenvalue weighted by Crippen LogP contribution is -2.21. The molecule has 1 rings (SSSR count). The van der Waals surface area contributed by atoms with Crippen molar-refractivity contribution < 1.29 is 18.7 Å². The van der Waals surface area contributed by atoms with Crippen LogP contribution in [0.15, 0.2) is 30.3 Å². The monoisotopic (exact) mass is 371 g/mol. The van der Waals surface area contributed by atoms with E-state index in [9.17, 15) is 4.79 Å². The van der Waals surface area contributed by atoms with Crippen molar-refractivity contribution in [2.75, 3.05) is 46.4 Å². The molecule has 1 atom stereocenters. The predicted molar refractivity (Wildman–Crippen MR) is 102 cm³/mol. The quantitative estimate of drug-likeness (QED) is 0.302. The van der Waals surface area contributed by atoms with Gasteiger partial charge in [-0.25, -0.2) is 0 Å². The zero-order chi connectivity index (χ0) is 17.6. The van der Waals surface area contributed by atoms with Gasteiger partial charge in [0.2, 0.25) is 5.12 Å². The highest BCUT2D eigenvalue weighted by molar-refractivity contribution is 8.13. The molecule has 5 nitrogen and oxygen atoms in total. The van der Waals surface area contributed by atoms with Gasteiger partial charge >= 0.3 is 0 Å². The Kier molecular flexibility index (Phi) is 11.9. The highest BCUT2D eigenvalue weighted by Crippen LogP contribution is 2.12. The molecule has 0 aliphatic rings. The van der Waals surface area contributed by atoms with E-state index in [1.54, 1.807) is 0 Å². The molecular weight excluding hydrogens is 342 g/mol. The normalized spacial score (nSPS) is 12.3. The van der Waals surface area contributed by atoms with Crippen LogP contribution in [0.2, 0.25) is 12.6 Å². The van der Waals surface area contributed by atoms with Crippen LogP contribution in [-0.4, -0.2) is 65.5 Å². The Hall–Kier alpha value is -0.863. The zero-order valence-electron chi connectivity index (χ0n) is 14.9. The van der Waals surface area contributed by atoms with Gasteiger partial charge in [-0.05, 0) is 45.2 Å². The summed E-state index contributed by atoms with van der Waals surface area (Å²) in [5, 5.41) is 0.0705. The number of thioether (sulfide) groups is 1. The zero-order valence-corrected chi connectivity index (χ0v) is 16.9. The highest BCUT2D eigenvalue weighted by atomic mass is 32.2. The Morgan fingerprint density at radius 1 is 1.25 bits per heavy atom. The molecule has 0 heterocycles. The largest absolute Gasteiger partial charge is 0.485 e. The van der Waals surface area contributed by atoms with Crippen LogP contribution in [0.5, 0.6) is 5.75 Å². The van der Waals surface area contributed by atoms with Crippen molar-refractivity contribution in [2.24, 2.45) is 0 Å². The minimum atomic E-state index is -1.19. The Bertz CT molecular complexity index is 447. The van der Waals surface area contributed by atoms with Crippen LogP contribution in [0.3, 0.4) is 0 Å². The molecule has 0 saturated carbocycles. The van der Waals surface area contributed by atoms with E-state index < -0.39 is 9.04 Å². The van der Waals surface area contributed by atoms with Crippen LogP contribution < -0.4 is 4.74 Å². The average Bonchev–Trinajstić information content (AvgIpc) is 2.57. The number of para-hydroxylation sites is 1. The first kappa shape index (κ1) is 21.2. The molecule has 24 heavy (non-hydrogen) atoms. The molecule has 0 radical (unpaired) electrons. The molecule has 136 valence electrons. The molecule has 0 aliphatic heterocycles. The van der Waals surface area contributed by atoms with Crippen molar-refractivity contribution in [3.8, 4) is 5.75 Å². The van der Waals surface area contributed by atoms with Gasteiger partial charge in [0.1, 0.15) is 12.5 Å². The fourth-order valence-corrected chi connectivity index (χ4v) is 4.06. The fraction of sp³-hybridized carbons (Fsp3) is 0.588. The van der Waals surface area contributed by atoms with Crippen LogP contribution >= 0.6 is 11.8 Å². The third kappa shape index (κ3) is 11.6. The van der Waals surface area contributed by atoms with Gasteiger partial charge in [-0.2, -0.15) is 0 Å². The van der Waals surface area contributed by atoms with E-state index >= 15 is 0 Å². The Morgan fingerprint density at radius 2 is 2.00 bits per heavy atom. The topological polar surface area (TPSA) is 48.0 Å². The number of benzene rings is 1. The smallest absolute Gasteiger partial charge is 0.226 e. The number of hydrogen-bond donors (Lipinski definition) is 0. The lowest BCUT2D eigenvalue weighted by atomic mass is 10.3. The second-order valence-corrected chi connectivity index (χ2v) is 9.46. The fourth-order valence-electron chi connectivity index (χ4n) is 1.81. The number of carbonyl (C=O) groups excluding carboxylic acids is 1. The minimum absolute atomic E-state index is 0.0705. The number of likely N-dealkylation sites (N-methyl/N-ethyl adjacent to an activating group) is 1. The van der Waals surface area contributed by atoms with Crippen LogP contribution in [-0.2, 0) is 14.0 Å². The summed E-state index contributed by atoms with van der Waals surface area (Å²) in [6, 6.07) is 10.5. The van der Waals surface area contributed by atoms with Crippen LogP contribution in [0.4, 0.5) is 0 Å². The summed E-state index contributed by atoms with van der Waals surface area (Å²) in [5.41, 5.74) is 0. The predicted octanol–water partition coefficient (Wildman–Crippen LogP) is 2.62. The molecule has 1 aromatic carbocycles. The molecule has 0 spiro atoms. The van der Waals surface area contributed by atoms with E-state index in [1.165, 1.54) is 11.8 Å². The first-order valence-electron chi connectivity index (χ1n) is 8.25. The summed E-state index contributed by atoms with van der Waals surface area (Å²) >= 11 is 1.34. The molecule has 0 amide bonds. The maximum absolute atomic E-state index is 11.8. The number of ether oxygens (including phenoxy) is 2. The van der Waals surface area contributed by atoms with Crippen LogP contribution in [0.25, 0.3) is 0 Å². The third-order valence-corrected chi connectivity index (χ3v) is 6.10. The second-order valence-electron chi connectivity index (χ2n) is 5.77. The molecule has 0 aromatic heterocycles. The van der Waals surface area contributed by atoms with E-state index in [1.807, 2.05) is 44.4 Å². The number of hydrogen-bond acceptors (Lipinski definition) is 6. The summed E-state index contributed by atoms with van der Waals surface area (Å²) in [6.45, 7) is 4.28. The van der Waals surface area contributed by atoms with Crippen molar-refractivity contribution in [1.29, 1.82) is 0 Å². The average molecular weight is 372 g/mol. The van der Waals surface area contributed by atoms with Gasteiger partial charge in [0.15, 0.2) is 15.6 Å². The SMILES string of the molecule is CN(C)CCOCO[SiH](C)CCCSC(=O)COc1ccccc1. The summed E-state index contributed by atoms with van der Waals surface area (Å²) in [6.07, 6.45) is 0.993. The van der Waals surface area contributed by atoms with Crippen molar-refractivity contribution >= 4 is 25.9 Å². The van der Waals surface area contributed by atoms with Crippen molar-refractivity contribution in [2.45, 2.75) is 19.0 Å². The van der Waals surface area contributed by atoms with Gasteiger partial charge in [0.05, 0.1) is 6.61 Å². The van der Waals surface area contributed by atoms with E-state index in [4.69, 9.17) is 13.9 Å². The van der Waals surface area contributed by atoms with E-state index in [0.717, 1.165) is 30.5 Å². The molecule has 7 heteroatoms. The van der Waals surface area contributed by atoms with Gasteiger partial charge in [-0.1, -0.05) is 30.0 Å². The number of rotatable bonds is 13. The Morgan fingerprint density at radius 3 is 2.71 bits per heavy atom. The van der Waals surface area contributed by atoms with E-state index in [-0.39, 0.29) is 11.7 Å². The Labute approximate surface area is 151 Å². The summed E-state index contributed by atoms with van der Waals surface area (Å²) in [4.78, 5) is 13.8. The molecular formula is C17H29NO4SSi. The van der Waals surface area contributed by atoms with Crippen LogP contribution in [0.1, 0.15) is 6.42 Å². The second kappa shape index (κ2) is 13.4.